The van der Waals surface area contributed by atoms with Crippen LogP contribution in [0.5, 0.6) is 0 Å². The maximum Gasteiger partial charge on any atom is 0.335 e. The first kappa shape index (κ1) is 18.7. The third-order valence-corrected chi connectivity index (χ3v) is 3.75. The van der Waals surface area contributed by atoms with Crippen molar-refractivity contribution in [2.45, 2.75) is 45.6 Å². The number of aliphatic hydroxyl groups excluding tert-OH is 1. The van der Waals surface area contributed by atoms with Gasteiger partial charge in [-0.15, -0.1) is 0 Å². The predicted molar refractivity (Wildman–Crippen MR) is 86.1 cm³/mol. The normalized spacial score (nSPS) is 13.5. The SMILES string of the molecule is CCCCCC(C(=O)c1ccc(Cl)cc1)[C@H](O)C(=O)OCC. The fourth-order valence-electron chi connectivity index (χ4n) is 2.27. The Labute approximate surface area is 136 Å². The standard InChI is InChI=1S/C17H23ClO4/c1-3-5-6-7-14(16(20)17(21)22-4-2)15(19)12-8-10-13(18)11-9-12/h8-11,14,16,20H,3-7H2,1-2H3/t14?,16-/m0/s1. The number of hydrogen-bond acceptors (Lipinski definition) is 4. The summed E-state index contributed by atoms with van der Waals surface area (Å²) < 4.78 is 4.83. The second kappa shape index (κ2) is 9.59. The van der Waals surface area contributed by atoms with Crippen molar-refractivity contribution < 1.29 is 19.4 Å². The van der Waals surface area contributed by atoms with Crippen LogP contribution in [0.25, 0.3) is 0 Å². The van der Waals surface area contributed by atoms with E-state index in [0.29, 0.717) is 17.0 Å². The molecule has 22 heavy (non-hydrogen) atoms. The largest absolute Gasteiger partial charge is 0.464 e. The van der Waals surface area contributed by atoms with E-state index >= 15 is 0 Å². The van der Waals surface area contributed by atoms with Crippen molar-refractivity contribution in [1.82, 2.24) is 0 Å². The number of carbonyl (C=O) groups excluding carboxylic acids is 2. The van der Waals surface area contributed by atoms with Crippen molar-refractivity contribution in [3.05, 3.63) is 34.9 Å². The first-order chi connectivity index (χ1) is 10.5. The molecule has 0 bridgehead atoms. The number of esters is 1. The Morgan fingerprint density at radius 1 is 1.18 bits per heavy atom. The fraction of sp³-hybridized carbons (Fsp3) is 0.529. The fourth-order valence-corrected chi connectivity index (χ4v) is 2.39. The molecule has 1 aromatic carbocycles. The van der Waals surface area contributed by atoms with Gasteiger partial charge in [0.1, 0.15) is 0 Å². The van der Waals surface area contributed by atoms with Crippen LogP contribution in [0, 0.1) is 5.92 Å². The highest BCUT2D eigenvalue weighted by molar-refractivity contribution is 6.30. The lowest BCUT2D eigenvalue weighted by Crippen LogP contribution is -2.36. The van der Waals surface area contributed by atoms with Crippen LogP contribution in [0.2, 0.25) is 5.02 Å². The van der Waals surface area contributed by atoms with Gasteiger partial charge < -0.3 is 9.84 Å². The lowest BCUT2D eigenvalue weighted by atomic mass is 9.87. The molecule has 2 atom stereocenters. The Morgan fingerprint density at radius 2 is 1.82 bits per heavy atom. The minimum atomic E-state index is -1.43. The van der Waals surface area contributed by atoms with Gasteiger partial charge in [0, 0.05) is 10.6 Å². The molecule has 1 rings (SSSR count). The Morgan fingerprint density at radius 3 is 2.36 bits per heavy atom. The summed E-state index contributed by atoms with van der Waals surface area (Å²) in [7, 11) is 0. The number of halogens is 1. The highest BCUT2D eigenvalue weighted by Crippen LogP contribution is 2.22. The number of ketones is 1. The second-order valence-corrected chi connectivity index (χ2v) is 5.61. The Hall–Kier alpha value is -1.39. The van der Waals surface area contributed by atoms with Gasteiger partial charge in [0.15, 0.2) is 11.9 Å². The van der Waals surface area contributed by atoms with E-state index in [0.717, 1.165) is 19.3 Å². The number of Topliss-reactive ketones (excluding diaryl/α,β-unsaturated/α-hetero) is 1. The number of carbonyl (C=O) groups is 2. The van der Waals surface area contributed by atoms with Gasteiger partial charge in [-0.1, -0.05) is 37.8 Å². The number of rotatable bonds is 9. The molecule has 0 heterocycles. The van der Waals surface area contributed by atoms with Crippen molar-refractivity contribution in [1.29, 1.82) is 0 Å². The lowest BCUT2D eigenvalue weighted by molar-refractivity contribution is -0.155. The highest BCUT2D eigenvalue weighted by Gasteiger charge is 2.33. The lowest BCUT2D eigenvalue weighted by Gasteiger charge is -2.20. The van der Waals surface area contributed by atoms with Crippen molar-refractivity contribution in [3.63, 3.8) is 0 Å². The molecule has 0 spiro atoms. The van der Waals surface area contributed by atoms with Crippen LogP contribution in [-0.2, 0) is 9.53 Å². The van der Waals surface area contributed by atoms with Crippen molar-refractivity contribution in [2.24, 2.45) is 5.92 Å². The zero-order chi connectivity index (χ0) is 16.5. The topological polar surface area (TPSA) is 63.6 Å². The molecule has 4 nitrogen and oxygen atoms in total. The van der Waals surface area contributed by atoms with E-state index in [2.05, 4.69) is 6.92 Å². The number of benzene rings is 1. The molecule has 0 saturated heterocycles. The maximum absolute atomic E-state index is 12.6. The van der Waals surface area contributed by atoms with E-state index in [1.165, 1.54) is 0 Å². The molecule has 0 amide bonds. The van der Waals surface area contributed by atoms with Gasteiger partial charge in [-0.2, -0.15) is 0 Å². The van der Waals surface area contributed by atoms with Crippen molar-refractivity contribution in [2.75, 3.05) is 6.61 Å². The summed E-state index contributed by atoms with van der Waals surface area (Å²) in [4.78, 5) is 24.4. The van der Waals surface area contributed by atoms with Gasteiger partial charge in [0.25, 0.3) is 0 Å². The molecule has 0 aliphatic carbocycles. The molecular weight excluding hydrogens is 304 g/mol. The summed E-state index contributed by atoms with van der Waals surface area (Å²) in [5, 5.41) is 10.7. The van der Waals surface area contributed by atoms with Gasteiger partial charge in [-0.05, 0) is 37.6 Å². The van der Waals surface area contributed by atoms with Crippen LogP contribution in [0.15, 0.2) is 24.3 Å². The third-order valence-electron chi connectivity index (χ3n) is 3.49. The first-order valence-electron chi connectivity index (χ1n) is 7.65. The van der Waals surface area contributed by atoms with Gasteiger partial charge in [-0.25, -0.2) is 4.79 Å². The molecule has 122 valence electrons. The monoisotopic (exact) mass is 326 g/mol. The van der Waals surface area contributed by atoms with Crippen LogP contribution < -0.4 is 0 Å². The maximum atomic E-state index is 12.6. The first-order valence-corrected chi connectivity index (χ1v) is 8.03. The van der Waals surface area contributed by atoms with Gasteiger partial charge in [-0.3, -0.25) is 4.79 Å². The Balaban J connectivity index is 2.90. The molecular formula is C17H23ClO4. The number of aliphatic hydroxyl groups is 1. The zero-order valence-electron chi connectivity index (χ0n) is 13.0. The van der Waals surface area contributed by atoms with E-state index in [9.17, 15) is 14.7 Å². The van der Waals surface area contributed by atoms with Crippen LogP contribution in [-0.4, -0.2) is 29.6 Å². The average molecular weight is 327 g/mol. The Bertz CT molecular complexity index is 484. The third kappa shape index (κ3) is 5.43. The number of unbranched alkanes of at least 4 members (excludes halogenated alkanes) is 2. The molecule has 0 aliphatic rings. The predicted octanol–water partition coefficient (Wildman–Crippen LogP) is 3.64. The van der Waals surface area contributed by atoms with Gasteiger partial charge >= 0.3 is 5.97 Å². The molecule has 1 aromatic rings. The Kier molecular flexibility index (Phi) is 8.13. The van der Waals surface area contributed by atoms with E-state index in [4.69, 9.17) is 16.3 Å². The van der Waals surface area contributed by atoms with Gasteiger partial charge in [0.2, 0.25) is 0 Å². The minimum Gasteiger partial charge on any atom is -0.464 e. The number of hydrogen-bond donors (Lipinski definition) is 1. The van der Waals surface area contributed by atoms with E-state index in [-0.39, 0.29) is 12.4 Å². The molecule has 1 N–H and O–H groups in total. The summed E-state index contributed by atoms with van der Waals surface area (Å²) in [5.74, 6) is -1.79. The quantitative estimate of drug-likeness (QED) is 0.427. The van der Waals surface area contributed by atoms with E-state index in [1.807, 2.05) is 0 Å². The molecule has 0 fully saturated rings. The molecule has 1 unspecified atom stereocenters. The second-order valence-electron chi connectivity index (χ2n) is 5.17. The van der Waals surface area contributed by atoms with Crippen molar-refractivity contribution >= 4 is 23.4 Å². The molecule has 5 heteroatoms. The van der Waals surface area contributed by atoms with Gasteiger partial charge in [0.05, 0.1) is 12.5 Å². The van der Waals surface area contributed by atoms with Crippen molar-refractivity contribution in [3.8, 4) is 0 Å². The average Bonchev–Trinajstić information content (AvgIpc) is 2.51. The highest BCUT2D eigenvalue weighted by atomic mass is 35.5. The smallest absolute Gasteiger partial charge is 0.335 e. The summed E-state index contributed by atoms with van der Waals surface area (Å²) in [5.41, 5.74) is 0.439. The van der Waals surface area contributed by atoms with Crippen LogP contribution in [0.4, 0.5) is 0 Å². The minimum absolute atomic E-state index is 0.173. The molecule has 0 aliphatic heterocycles. The molecule has 0 aromatic heterocycles. The number of ether oxygens (including phenoxy) is 1. The van der Waals surface area contributed by atoms with Crippen LogP contribution in [0.3, 0.4) is 0 Å². The zero-order valence-corrected chi connectivity index (χ0v) is 13.8. The molecule has 0 radical (unpaired) electrons. The summed E-state index contributed by atoms with van der Waals surface area (Å²) in [6.07, 6.45) is 1.74. The van der Waals surface area contributed by atoms with E-state index in [1.54, 1.807) is 31.2 Å². The summed E-state index contributed by atoms with van der Waals surface area (Å²) in [6, 6.07) is 6.45. The molecule has 0 saturated carbocycles. The summed E-state index contributed by atoms with van der Waals surface area (Å²) in [6.45, 7) is 3.89. The van der Waals surface area contributed by atoms with Crippen LogP contribution in [0.1, 0.15) is 49.9 Å². The van der Waals surface area contributed by atoms with E-state index < -0.39 is 18.0 Å². The van der Waals surface area contributed by atoms with Crippen LogP contribution >= 0.6 is 11.6 Å². The summed E-state index contributed by atoms with van der Waals surface area (Å²) >= 11 is 5.82.